The normalized spacial score (nSPS) is 13.5. The zero-order chi connectivity index (χ0) is 10.6. The van der Waals surface area contributed by atoms with Gasteiger partial charge in [0.15, 0.2) is 0 Å². The Balaban J connectivity index is 2.51. The van der Waals surface area contributed by atoms with Gasteiger partial charge in [-0.2, -0.15) is 4.37 Å². The molecule has 1 aromatic rings. The summed E-state index contributed by atoms with van der Waals surface area (Å²) in [7, 11) is 1.65. The monoisotopic (exact) mass is 234 g/mol. The van der Waals surface area contributed by atoms with Gasteiger partial charge >= 0.3 is 0 Å². The van der Waals surface area contributed by atoms with Gasteiger partial charge in [-0.3, -0.25) is 0 Å². The fourth-order valence-corrected chi connectivity index (χ4v) is 2.24. The number of ether oxygens (including phenoxy) is 1. The molecule has 0 saturated heterocycles. The second-order valence-electron chi connectivity index (χ2n) is 3.46. The summed E-state index contributed by atoms with van der Waals surface area (Å²) in [6.07, 6.45) is 0.736. The molecule has 1 unspecified atom stereocenters. The maximum absolute atomic E-state index is 6.02. The van der Waals surface area contributed by atoms with E-state index < -0.39 is 0 Å². The lowest BCUT2D eigenvalue weighted by molar-refractivity contribution is 0.197. The lowest BCUT2D eigenvalue weighted by Crippen LogP contribution is -2.10. The summed E-state index contributed by atoms with van der Waals surface area (Å²) < 4.78 is 9.21. The van der Waals surface area contributed by atoms with E-state index in [1.54, 1.807) is 7.11 Å². The van der Waals surface area contributed by atoms with E-state index in [4.69, 9.17) is 16.3 Å². The molecule has 0 aliphatic rings. The second kappa shape index (κ2) is 5.63. The van der Waals surface area contributed by atoms with Gasteiger partial charge in [-0.05, 0) is 11.5 Å². The highest BCUT2D eigenvalue weighted by atomic mass is 35.5. The second-order valence-corrected chi connectivity index (χ2v) is 4.91. The molecule has 1 heterocycles. The molecule has 0 bridgehead atoms. The van der Waals surface area contributed by atoms with Crippen LogP contribution in [0.5, 0.6) is 0 Å². The summed E-state index contributed by atoms with van der Waals surface area (Å²) >= 11 is 7.45. The van der Waals surface area contributed by atoms with E-state index in [1.807, 2.05) is 0 Å². The van der Waals surface area contributed by atoms with Gasteiger partial charge < -0.3 is 4.74 Å². The van der Waals surface area contributed by atoms with E-state index in [0.29, 0.717) is 12.5 Å². The molecule has 0 fully saturated rings. The third kappa shape index (κ3) is 3.52. The van der Waals surface area contributed by atoms with Crippen molar-refractivity contribution in [3.8, 4) is 0 Å². The topological polar surface area (TPSA) is 35.0 Å². The highest BCUT2D eigenvalue weighted by Crippen LogP contribution is 2.16. The molecule has 14 heavy (non-hydrogen) atoms. The first-order chi connectivity index (χ1) is 6.63. The Morgan fingerprint density at radius 2 is 2.21 bits per heavy atom. The van der Waals surface area contributed by atoms with Crippen LogP contribution < -0.4 is 0 Å². The summed E-state index contributed by atoms with van der Waals surface area (Å²) in [6, 6.07) is 0. The van der Waals surface area contributed by atoms with Crippen molar-refractivity contribution < 1.29 is 4.74 Å². The van der Waals surface area contributed by atoms with E-state index in [0.717, 1.165) is 17.3 Å². The molecule has 0 aliphatic carbocycles. The van der Waals surface area contributed by atoms with Crippen LogP contribution in [-0.2, 0) is 11.2 Å². The lowest BCUT2D eigenvalue weighted by atomic mass is 10.2. The Bertz CT molecular complexity index is 278. The van der Waals surface area contributed by atoms with Gasteiger partial charge in [0.2, 0.25) is 0 Å². The Labute approximate surface area is 93.6 Å². The van der Waals surface area contributed by atoms with E-state index in [9.17, 15) is 0 Å². The molecule has 1 rings (SSSR count). The van der Waals surface area contributed by atoms with Crippen LogP contribution in [-0.4, -0.2) is 28.5 Å². The Kier molecular flexibility index (Phi) is 4.78. The van der Waals surface area contributed by atoms with Gasteiger partial charge in [-0.25, -0.2) is 4.98 Å². The van der Waals surface area contributed by atoms with Gasteiger partial charge in [0.1, 0.15) is 10.8 Å². The SMILES string of the molecule is COCC(Cl)Cc1nc(C(C)C)ns1. The molecule has 3 nitrogen and oxygen atoms in total. The van der Waals surface area contributed by atoms with Crippen LogP contribution >= 0.6 is 23.1 Å². The number of nitrogens with zero attached hydrogens (tertiary/aromatic N) is 2. The van der Waals surface area contributed by atoms with Crippen LogP contribution in [0.2, 0.25) is 0 Å². The number of rotatable bonds is 5. The van der Waals surface area contributed by atoms with Crippen molar-refractivity contribution in [2.75, 3.05) is 13.7 Å². The van der Waals surface area contributed by atoms with Crippen LogP contribution in [0.1, 0.15) is 30.6 Å². The number of hydrogen-bond acceptors (Lipinski definition) is 4. The molecule has 80 valence electrons. The van der Waals surface area contributed by atoms with E-state index in [-0.39, 0.29) is 5.38 Å². The molecule has 0 N–H and O–H groups in total. The van der Waals surface area contributed by atoms with Gasteiger partial charge in [0.25, 0.3) is 0 Å². The molecular weight excluding hydrogens is 220 g/mol. The highest BCUT2D eigenvalue weighted by Gasteiger charge is 2.11. The van der Waals surface area contributed by atoms with Crippen molar-refractivity contribution in [3.05, 3.63) is 10.8 Å². The van der Waals surface area contributed by atoms with Crippen LogP contribution in [0, 0.1) is 0 Å². The standard InChI is InChI=1S/C9H15ClN2OS/c1-6(2)9-11-8(14-12-9)4-7(10)5-13-3/h6-7H,4-5H2,1-3H3. The molecule has 0 amide bonds. The first-order valence-corrected chi connectivity index (χ1v) is 5.80. The predicted molar refractivity (Wildman–Crippen MR) is 59.2 cm³/mol. The summed E-state index contributed by atoms with van der Waals surface area (Å²) in [6.45, 7) is 4.72. The fourth-order valence-electron chi connectivity index (χ4n) is 1.01. The van der Waals surface area contributed by atoms with Crippen molar-refractivity contribution in [3.63, 3.8) is 0 Å². The maximum atomic E-state index is 6.02. The predicted octanol–water partition coefficient (Wildman–Crippen LogP) is 2.46. The smallest absolute Gasteiger partial charge is 0.145 e. The number of methoxy groups -OCH3 is 1. The summed E-state index contributed by atoms with van der Waals surface area (Å²) in [5, 5.41) is 0.985. The molecule has 0 aliphatic heterocycles. The quantitative estimate of drug-likeness (QED) is 0.735. The third-order valence-corrected chi connectivity index (χ3v) is 2.77. The molecule has 1 aromatic heterocycles. The molecule has 0 spiro atoms. The molecule has 1 atom stereocenters. The number of aromatic nitrogens is 2. The van der Waals surface area contributed by atoms with Gasteiger partial charge in [-0.1, -0.05) is 13.8 Å². The maximum Gasteiger partial charge on any atom is 0.145 e. The highest BCUT2D eigenvalue weighted by molar-refractivity contribution is 7.05. The van der Waals surface area contributed by atoms with Crippen molar-refractivity contribution in [1.82, 2.24) is 9.36 Å². The zero-order valence-electron chi connectivity index (χ0n) is 8.66. The summed E-state index contributed by atoms with van der Waals surface area (Å²) in [5.41, 5.74) is 0. The van der Waals surface area contributed by atoms with Gasteiger partial charge in [0, 0.05) is 19.4 Å². The van der Waals surface area contributed by atoms with Gasteiger partial charge in [0.05, 0.1) is 12.0 Å². The molecule has 0 radical (unpaired) electrons. The van der Waals surface area contributed by atoms with Gasteiger partial charge in [-0.15, -0.1) is 11.6 Å². The van der Waals surface area contributed by atoms with Crippen molar-refractivity contribution in [2.24, 2.45) is 0 Å². The Hall–Kier alpha value is -0.190. The third-order valence-electron chi connectivity index (χ3n) is 1.74. The van der Waals surface area contributed by atoms with Crippen LogP contribution in [0.15, 0.2) is 0 Å². The zero-order valence-corrected chi connectivity index (χ0v) is 10.2. The minimum Gasteiger partial charge on any atom is -0.383 e. The fraction of sp³-hybridized carbons (Fsp3) is 0.778. The minimum atomic E-state index is -0.00652. The Morgan fingerprint density at radius 3 is 2.71 bits per heavy atom. The Morgan fingerprint density at radius 1 is 1.50 bits per heavy atom. The average molecular weight is 235 g/mol. The van der Waals surface area contributed by atoms with E-state index in [1.165, 1.54) is 11.5 Å². The molecular formula is C9H15ClN2OS. The summed E-state index contributed by atoms with van der Waals surface area (Å²) in [4.78, 5) is 4.40. The average Bonchev–Trinajstić information content (AvgIpc) is 2.53. The van der Waals surface area contributed by atoms with Crippen molar-refractivity contribution in [2.45, 2.75) is 31.6 Å². The first kappa shape index (κ1) is 11.9. The van der Waals surface area contributed by atoms with E-state index in [2.05, 4.69) is 23.2 Å². The van der Waals surface area contributed by atoms with E-state index >= 15 is 0 Å². The largest absolute Gasteiger partial charge is 0.383 e. The first-order valence-electron chi connectivity index (χ1n) is 4.59. The molecule has 0 saturated carbocycles. The van der Waals surface area contributed by atoms with Crippen molar-refractivity contribution in [1.29, 1.82) is 0 Å². The number of halogens is 1. The van der Waals surface area contributed by atoms with Crippen LogP contribution in [0.3, 0.4) is 0 Å². The number of alkyl halides is 1. The van der Waals surface area contributed by atoms with Crippen LogP contribution in [0.25, 0.3) is 0 Å². The minimum absolute atomic E-state index is 0.00652. The summed E-state index contributed by atoms with van der Waals surface area (Å²) in [5.74, 6) is 1.29. The molecule has 5 heteroatoms. The van der Waals surface area contributed by atoms with Crippen molar-refractivity contribution >= 4 is 23.1 Å². The number of hydrogen-bond donors (Lipinski definition) is 0. The molecule has 0 aromatic carbocycles. The lowest BCUT2D eigenvalue weighted by Gasteiger charge is -2.04. The van der Waals surface area contributed by atoms with Crippen LogP contribution in [0.4, 0.5) is 0 Å².